The van der Waals surface area contributed by atoms with E-state index >= 15 is 4.39 Å². The van der Waals surface area contributed by atoms with Crippen molar-refractivity contribution < 1.29 is 14.3 Å². The van der Waals surface area contributed by atoms with Gasteiger partial charge >= 0.3 is 5.97 Å². The minimum absolute atomic E-state index is 0.183. The number of nitrogens with zero attached hydrogens (tertiary/aromatic N) is 3. The molecule has 0 bridgehead atoms. The maximum Gasteiger partial charge on any atom is 0.344 e. The van der Waals surface area contributed by atoms with E-state index < -0.39 is 17.1 Å². The van der Waals surface area contributed by atoms with E-state index in [0.717, 1.165) is 27.2 Å². The Balaban J connectivity index is 1.68. The second-order valence-corrected chi connectivity index (χ2v) is 8.25. The monoisotopic (exact) mass is 418 g/mol. The van der Waals surface area contributed by atoms with Crippen molar-refractivity contribution in [2.75, 3.05) is 18.0 Å². The van der Waals surface area contributed by atoms with Gasteiger partial charge in [-0.2, -0.15) is 0 Å². The molecule has 3 aromatic rings. The van der Waals surface area contributed by atoms with E-state index in [9.17, 15) is 9.90 Å². The highest BCUT2D eigenvalue weighted by Gasteiger charge is 2.66. The van der Waals surface area contributed by atoms with Crippen LogP contribution in [0, 0.1) is 5.41 Å². The molecule has 8 heteroatoms. The maximum atomic E-state index is 15.5. The summed E-state index contributed by atoms with van der Waals surface area (Å²) in [6.07, 6.45) is 3.50. The number of carbonyl (C=O) groups is 1. The Kier molecular flexibility index (Phi) is 3.17. The van der Waals surface area contributed by atoms with E-state index in [1.54, 1.807) is 4.90 Å². The van der Waals surface area contributed by atoms with Crippen LogP contribution in [0.5, 0.6) is 0 Å². The number of hydrogen-bond acceptors (Lipinski definition) is 4. The van der Waals surface area contributed by atoms with Crippen molar-refractivity contribution in [3.05, 3.63) is 29.0 Å². The average Bonchev–Trinajstić information content (AvgIpc) is 3.09. The van der Waals surface area contributed by atoms with Crippen LogP contribution >= 0.6 is 15.9 Å². The van der Waals surface area contributed by atoms with Gasteiger partial charge in [-0.25, -0.2) is 19.2 Å². The van der Waals surface area contributed by atoms with Gasteiger partial charge in [0.05, 0.1) is 11.9 Å². The number of nitrogens with one attached hydrogen (secondary N) is 1. The van der Waals surface area contributed by atoms with Crippen molar-refractivity contribution in [2.45, 2.75) is 24.9 Å². The van der Waals surface area contributed by atoms with Gasteiger partial charge in [-0.3, -0.25) is 0 Å². The number of hydrogen-bond donors (Lipinski definition) is 2. The molecule has 1 saturated carbocycles. The summed E-state index contributed by atoms with van der Waals surface area (Å²) in [5, 5.41) is 11.3. The number of aliphatic carboxylic acids is 1. The predicted octanol–water partition coefficient (Wildman–Crippen LogP) is 3.66. The highest BCUT2D eigenvalue weighted by molar-refractivity contribution is 9.10. The van der Waals surface area contributed by atoms with Crippen LogP contribution in [-0.2, 0) is 4.79 Å². The summed E-state index contributed by atoms with van der Waals surface area (Å²) in [5.41, 5.74) is -1.49. The lowest BCUT2D eigenvalue weighted by molar-refractivity contribution is -0.162. The summed E-state index contributed by atoms with van der Waals surface area (Å²) in [5.74, 6) is -0.775. The van der Waals surface area contributed by atoms with E-state index in [1.807, 2.05) is 18.2 Å². The van der Waals surface area contributed by atoms with Gasteiger partial charge in [-0.05, 0) is 25.0 Å². The number of H-pyrrole nitrogens is 1. The van der Waals surface area contributed by atoms with E-state index in [4.69, 9.17) is 0 Å². The highest BCUT2D eigenvalue weighted by atomic mass is 79.9. The normalized spacial score (nSPS) is 24.5. The topological polar surface area (TPSA) is 82.1 Å². The summed E-state index contributed by atoms with van der Waals surface area (Å²) < 4.78 is 16.4. The fraction of sp³-hybridized carbons (Fsp3) is 0.389. The lowest BCUT2D eigenvalue weighted by Gasteiger charge is -2.43. The number of fused-ring (bicyclic) bond motifs is 3. The van der Waals surface area contributed by atoms with Crippen LogP contribution in [0.2, 0.25) is 0 Å². The summed E-state index contributed by atoms with van der Waals surface area (Å²) in [7, 11) is 0. The summed E-state index contributed by atoms with van der Waals surface area (Å²) >= 11 is 3.46. The molecule has 2 aliphatic rings. The number of rotatable bonds is 2. The number of anilines is 1. The fourth-order valence-corrected chi connectivity index (χ4v) is 4.86. The second kappa shape index (κ2) is 5.16. The molecule has 1 saturated heterocycles. The molecule has 1 aliphatic carbocycles. The molecule has 2 N–H and O–H groups in total. The molecule has 1 aliphatic heterocycles. The molecule has 6 nitrogen and oxygen atoms in total. The third-order valence-corrected chi connectivity index (χ3v) is 6.52. The van der Waals surface area contributed by atoms with Gasteiger partial charge in [0, 0.05) is 27.3 Å². The third kappa shape index (κ3) is 1.93. The zero-order valence-electron chi connectivity index (χ0n) is 13.8. The standard InChI is InChI=1S/C18H16BrFN4O2/c19-10-2-3-11-12(6-10)23-14-13(11)15(22-9-21-14)24-7-17(4-1-5-17)18(20,8-24)16(25)26/h2-3,6,9H,1,4-5,7-8H2,(H,25,26)(H,21,22,23). The zero-order chi connectivity index (χ0) is 18.1. The van der Waals surface area contributed by atoms with Gasteiger partial charge in [-0.1, -0.05) is 28.4 Å². The molecular weight excluding hydrogens is 403 g/mol. The van der Waals surface area contributed by atoms with Gasteiger partial charge in [0.15, 0.2) is 0 Å². The highest BCUT2D eigenvalue weighted by Crippen LogP contribution is 2.56. The molecule has 1 spiro atoms. The van der Waals surface area contributed by atoms with Crippen molar-refractivity contribution >= 4 is 49.7 Å². The van der Waals surface area contributed by atoms with Gasteiger partial charge < -0.3 is 15.0 Å². The molecule has 1 atom stereocenters. The SMILES string of the molecule is O=C(O)C1(F)CN(c2ncnc3[nH]c4cc(Br)ccc4c23)CC12CCC2. The van der Waals surface area contributed by atoms with Crippen LogP contribution < -0.4 is 4.90 Å². The van der Waals surface area contributed by atoms with Crippen LogP contribution in [0.1, 0.15) is 19.3 Å². The minimum atomic E-state index is -2.24. The van der Waals surface area contributed by atoms with Gasteiger partial charge in [0.1, 0.15) is 17.8 Å². The van der Waals surface area contributed by atoms with Crippen molar-refractivity contribution in [3.63, 3.8) is 0 Å². The van der Waals surface area contributed by atoms with Crippen LogP contribution in [0.25, 0.3) is 21.9 Å². The molecule has 1 aromatic carbocycles. The zero-order valence-corrected chi connectivity index (χ0v) is 15.4. The van der Waals surface area contributed by atoms with Gasteiger partial charge in [0.25, 0.3) is 0 Å². The third-order valence-electron chi connectivity index (χ3n) is 6.02. The largest absolute Gasteiger partial charge is 0.479 e. The van der Waals surface area contributed by atoms with Crippen molar-refractivity contribution in [1.82, 2.24) is 15.0 Å². The summed E-state index contributed by atoms with van der Waals surface area (Å²) in [6.45, 7) is 0.183. The van der Waals surface area contributed by atoms with Gasteiger partial charge in [0.2, 0.25) is 5.67 Å². The quantitative estimate of drug-likeness (QED) is 0.663. The Labute approximate surface area is 156 Å². The van der Waals surface area contributed by atoms with Crippen molar-refractivity contribution in [1.29, 1.82) is 0 Å². The van der Waals surface area contributed by atoms with Crippen LogP contribution in [0.4, 0.5) is 10.2 Å². The fourth-order valence-electron chi connectivity index (χ4n) is 4.50. The van der Waals surface area contributed by atoms with Gasteiger partial charge in [-0.15, -0.1) is 0 Å². The number of benzene rings is 1. The Hall–Kier alpha value is -2.22. The first-order valence-electron chi connectivity index (χ1n) is 8.53. The Morgan fingerprint density at radius 3 is 2.77 bits per heavy atom. The Bertz CT molecular complexity index is 1060. The number of aromatic amines is 1. The molecule has 134 valence electrons. The number of carboxylic acid groups (broad SMARTS) is 1. The number of halogens is 2. The Morgan fingerprint density at radius 2 is 2.12 bits per heavy atom. The van der Waals surface area contributed by atoms with Crippen LogP contribution in [-0.4, -0.2) is 44.8 Å². The first kappa shape index (κ1) is 16.0. The summed E-state index contributed by atoms with van der Waals surface area (Å²) in [6, 6.07) is 5.84. The number of aromatic nitrogens is 3. The van der Waals surface area contributed by atoms with E-state index in [1.165, 1.54) is 6.33 Å². The molecule has 0 radical (unpaired) electrons. The second-order valence-electron chi connectivity index (χ2n) is 7.33. The van der Waals surface area contributed by atoms with E-state index in [-0.39, 0.29) is 6.54 Å². The van der Waals surface area contributed by atoms with Crippen molar-refractivity contribution in [3.8, 4) is 0 Å². The maximum absolute atomic E-state index is 15.5. The molecule has 2 fully saturated rings. The Morgan fingerprint density at radius 1 is 1.31 bits per heavy atom. The first-order chi connectivity index (χ1) is 12.4. The number of carboxylic acids is 1. The molecule has 2 aromatic heterocycles. The molecular formula is C18H16BrFN4O2. The average molecular weight is 419 g/mol. The molecule has 0 amide bonds. The molecule has 5 rings (SSSR count). The predicted molar refractivity (Wildman–Crippen MR) is 99.1 cm³/mol. The van der Waals surface area contributed by atoms with E-state index in [2.05, 4.69) is 30.9 Å². The first-order valence-corrected chi connectivity index (χ1v) is 9.32. The minimum Gasteiger partial charge on any atom is -0.479 e. The summed E-state index contributed by atoms with van der Waals surface area (Å²) in [4.78, 5) is 25.5. The smallest absolute Gasteiger partial charge is 0.344 e. The lowest BCUT2D eigenvalue weighted by atomic mass is 9.61. The molecule has 3 heterocycles. The lowest BCUT2D eigenvalue weighted by Crippen LogP contribution is -2.53. The van der Waals surface area contributed by atoms with Crippen LogP contribution in [0.15, 0.2) is 29.0 Å². The molecule has 26 heavy (non-hydrogen) atoms. The van der Waals surface area contributed by atoms with E-state index in [0.29, 0.717) is 30.9 Å². The number of alkyl halides is 1. The van der Waals surface area contributed by atoms with Crippen LogP contribution in [0.3, 0.4) is 0 Å². The van der Waals surface area contributed by atoms with Crippen molar-refractivity contribution in [2.24, 2.45) is 5.41 Å². The molecule has 1 unspecified atom stereocenters.